The largest absolute Gasteiger partial charge is 0.361 e. The van der Waals surface area contributed by atoms with E-state index in [1.54, 1.807) is 12.4 Å². The fraction of sp³-hybridized carbons (Fsp3) is 0.533. The van der Waals surface area contributed by atoms with Crippen LogP contribution in [0.25, 0.3) is 0 Å². The lowest BCUT2D eigenvalue weighted by Gasteiger charge is -2.33. The second kappa shape index (κ2) is 6.31. The first-order chi connectivity index (χ1) is 10.6. The molecule has 1 aliphatic heterocycles. The lowest BCUT2D eigenvalue weighted by molar-refractivity contribution is 0.389. The van der Waals surface area contributed by atoms with Crippen molar-refractivity contribution in [3.05, 3.63) is 39.8 Å². The van der Waals surface area contributed by atoms with Gasteiger partial charge in [-0.25, -0.2) is 4.98 Å². The van der Waals surface area contributed by atoms with Gasteiger partial charge < -0.3 is 19.7 Å². The van der Waals surface area contributed by atoms with Crippen molar-refractivity contribution in [3.8, 4) is 0 Å². The molecule has 2 aromatic heterocycles. The summed E-state index contributed by atoms with van der Waals surface area (Å²) in [5, 5.41) is 7.52. The molecule has 2 aromatic rings. The van der Waals surface area contributed by atoms with Crippen LogP contribution < -0.4 is 15.8 Å². The van der Waals surface area contributed by atoms with Crippen LogP contribution in [0.4, 0.5) is 5.82 Å². The summed E-state index contributed by atoms with van der Waals surface area (Å²) in [5.74, 6) is 1.37. The number of aromatic amines is 1. The average Bonchev–Trinajstić information content (AvgIpc) is 2.85. The van der Waals surface area contributed by atoms with Crippen LogP contribution >= 0.6 is 0 Å². The van der Waals surface area contributed by atoms with Gasteiger partial charge in [0.15, 0.2) is 5.82 Å². The number of piperidine rings is 1. The summed E-state index contributed by atoms with van der Waals surface area (Å²) in [6.45, 7) is 6.26. The van der Waals surface area contributed by atoms with Gasteiger partial charge in [-0.1, -0.05) is 5.16 Å². The molecule has 118 valence electrons. The third-order valence-corrected chi connectivity index (χ3v) is 4.16. The van der Waals surface area contributed by atoms with Crippen LogP contribution in [0.1, 0.15) is 29.9 Å². The average molecular weight is 303 g/mol. The fourth-order valence-corrected chi connectivity index (χ4v) is 2.91. The van der Waals surface area contributed by atoms with Crippen molar-refractivity contribution in [2.75, 3.05) is 18.0 Å². The molecule has 0 spiro atoms. The molecule has 1 saturated heterocycles. The first kappa shape index (κ1) is 14.8. The molecule has 1 atom stereocenters. The minimum atomic E-state index is -0.131. The fourth-order valence-electron chi connectivity index (χ4n) is 2.91. The Hall–Kier alpha value is -2.15. The van der Waals surface area contributed by atoms with Gasteiger partial charge in [-0.15, -0.1) is 0 Å². The van der Waals surface area contributed by atoms with Gasteiger partial charge in [0.05, 0.1) is 5.69 Å². The molecule has 0 aliphatic carbocycles. The Labute approximate surface area is 128 Å². The summed E-state index contributed by atoms with van der Waals surface area (Å²) in [5.41, 5.74) is 1.92. The van der Waals surface area contributed by atoms with Crippen molar-refractivity contribution in [3.63, 3.8) is 0 Å². The van der Waals surface area contributed by atoms with Gasteiger partial charge in [-0.3, -0.25) is 4.79 Å². The number of anilines is 1. The number of hydrogen-bond acceptors (Lipinski definition) is 6. The summed E-state index contributed by atoms with van der Waals surface area (Å²) in [6.07, 6.45) is 5.31. The van der Waals surface area contributed by atoms with Crippen molar-refractivity contribution < 1.29 is 4.52 Å². The zero-order chi connectivity index (χ0) is 15.5. The summed E-state index contributed by atoms with van der Waals surface area (Å²) in [4.78, 5) is 20.8. The third kappa shape index (κ3) is 3.04. The minimum Gasteiger partial charge on any atom is -0.361 e. The Morgan fingerprint density at radius 2 is 2.36 bits per heavy atom. The molecular weight excluding hydrogens is 282 g/mol. The van der Waals surface area contributed by atoms with Gasteiger partial charge in [0.2, 0.25) is 0 Å². The molecule has 3 heterocycles. The highest BCUT2D eigenvalue weighted by molar-refractivity contribution is 5.36. The van der Waals surface area contributed by atoms with Crippen molar-refractivity contribution in [2.45, 2.75) is 39.3 Å². The molecule has 7 nitrogen and oxygen atoms in total. The van der Waals surface area contributed by atoms with E-state index >= 15 is 0 Å². The molecule has 2 N–H and O–H groups in total. The maximum absolute atomic E-state index is 11.9. The Morgan fingerprint density at radius 1 is 1.50 bits per heavy atom. The smallest absolute Gasteiger partial charge is 0.290 e. The highest BCUT2D eigenvalue weighted by Crippen LogP contribution is 2.16. The van der Waals surface area contributed by atoms with Gasteiger partial charge in [0.1, 0.15) is 5.76 Å². The van der Waals surface area contributed by atoms with E-state index in [1.165, 1.54) is 0 Å². The normalized spacial score (nSPS) is 18.6. The summed E-state index contributed by atoms with van der Waals surface area (Å²) < 4.78 is 5.19. The molecule has 0 amide bonds. The maximum atomic E-state index is 11.9. The van der Waals surface area contributed by atoms with Crippen LogP contribution in [0, 0.1) is 13.8 Å². The highest BCUT2D eigenvalue weighted by Gasteiger charge is 2.22. The van der Waals surface area contributed by atoms with Crippen molar-refractivity contribution in [1.29, 1.82) is 0 Å². The van der Waals surface area contributed by atoms with E-state index < -0.39 is 0 Å². The number of H-pyrrole nitrogens is 1. The Morgan fingerprint density at radius 3 is 3.09 bits per heavy atom. The lowest BCUT2D eigenvalue weighted by Crippen LogP contribution is -2.47. The number of aryl methyl sites for hydroxylation is 2. The maximum Gasteiger partial charge on any atom is 0.290 e. The molecule has 7 heteroatoms. The molecule has 22 heavy (non-hydrogen) atoms. The SMILES string of the molecule is Cc1noc(C)c1CNC1CCCN(c2ncc[nH]c2=O)C1. The topological polar surface area (TPSA) is 87.1 Å². The van der Waals surface area contributed by atoms with Crippen LogP contribution in [0.2, 0.25) is 0 Å². The van der Waals surface area contributed by atoms with Gasteiger partial charge >= 0.3 is 0 Å². The molecule has 0 bridgehead atoms. The van der Waals surface area contributed by atoms with E-state index in [0.29, 0.717) is 11.9 Å². The zero-order valence-electron chi connectivity index (χ0n) is 12.9. The number of nitrogens with zero attached hydrogens (tertiary/aromatic N) is 3. The predicted octanol–water partition coefficient (Wildman–Crippen LogP) is 1.13. The zero-order valence-corrected chi connectivity index (χ0v) is 12.9. The molecule has 1 fully saturated rings. The van der Waals surface area contributed by atoms with Crippen molar-refractivity contribution in [1.82, 2.24) is 20.4 Å². The molecule has 0 aromatic carbocycles. The molecule has 1 unspecified atom stereocenters. The van der Waals surface area contributed by atoms with Gasteiger partial charge in [-0.2, -0.15) is 0 Å². The number of aromatic nitrogens is 3. The first-order valence-electron chi connectivity index (χ1n) is 7.59. The molecule has 0 saturated carbocycles. The quantitative estimate of drug-likeness (QED) is 0.880. The van der Waals surface area contributed by atoms with E-state index in [9.17, 15) is 4.79 Å². The van der Waals surface area contributed by atoms with E-state index in [4.69, 9.17) is 4.52 Å². The Bertz CT molecular complexity index is 674. The van der Waals surface area contributed by atoms with Crippen LogP contribution in [-0.2, 0) is 6.54 Å². The van der Waals surface area contributed by atoms with Gasteiger partial charge in [0, 0.05) is 43.6 Å². The minimum absolute atomic E-state index is 0.131. The second-order valence-electron chi connectivity index (χ2n) is 5.71. The van der Waals surface area contributed by atoms with Crippen LogP contribution in [0.3, 0.4) is 0 Å². The van der Waals surface area contributed by atoms with E-state index in [2.05, 4.69) is 20.4 Å². The second-order valence-corrected chi connectivity index (χ2v) is 5.71. The van der Waals surface area contributed by atoms with Crippen LogP contribution in [-0.4, -0.2) is 34.3 Å². The predicted molar refractivity (Wildman–Crippen MR) is 82.9 cm³/mol. The molecule has 1 aliphatic rings. The highest BCUT2D eigenvalue weighted by atomic mass is 16.5. The summed E-state index contributed by atoms with van der Waals surface area (Å²) in [7, 11) is 0. The van der Waals surface area contributed by atoms with E-state index in [1.807, 2.05) is 18.7 Å². The lowest BCUT2D eigenvalue weighted by atomic mass is 10.1. The van der Waals surface area contributed by atoms with Gasteiger partial charge in [-0.05, 0) is 26.7 Å². The van der Waals surface area contributed by atoms with Crippen molar-refractivity contribution >= 4 is 5.82 Å². The van der Waals surface area contributed by atoms with Gasteiger partial charge in [0.25, 0.3) is 5.56 Å². The molecular formula is C15H21N5O2. The molecule has 0 radical (unpaired) electrons. The van der Waals surface area contributed by atoms with Crippen LogP contribution in [0.5, 0.6) is 0 Å². The number of hydrogen-bond donors (Lipinski definition) is 2. The van der Waals surface area contributed by atoms with Crippen LogP contribution in [0.15, 0.2) is 21.7 Å². The first-order valence-corrected chi connectivity index (χ1v) is 7.59. The monoisotopic (exact) mass is 303 g/mol. The standard InChI is InChI=1S/C15H21N5O2/c1-10-13(11(2)22-19-10)8-18-12-4-3-7-20(9-12)14-15(21)17-6-5-16-14/h5-6,12,18H,3-4,7-9H2,1-2H3,(H,17,21). The van der Waals surface area contributed by atoms with E-state index in [-0.39, 0.29) is 5.56 Å². The number of rotatable bonds is 4. The van der Waals surface area contributed by atoms with Crippen molar-refractivity contribution in [2.24, 2.45) is 0 Å². The third-order valence-electron chi connectivity index (χ3n) is 4.16. The Kier molecular flexibility index (Phi) is 4.24. The van der Waals surface area contributed by atoms with E-state index in [0.717, 1.165) is 49.5 Å². The molecule has 3 rings (SSSR count). The Balaban J connectivity index is 1.64. The number of nitrogens with one attached hydrogen (secondary N) is 2. The summed E-state index contributed by atoms with van der Waals surface area (Å²) >= 11 is 0. The summed E-state index contributed by atoms with van der Waals surface area (Å²) in [6, 6.07) is 0.323.